The molecule has 0 aliphatic carbocycles. The number of benzene rings is 2. The normalized spacial score (nSPS) is 14.2. The average Bonchev–Trinajstić information content (AvgIpc) is 2.83. The highest BCUT2D eigenvalue weighted by atomic mass is 19.1. The summed E-state index contributed by atoms with van der Waals surface area (Å²) in [5, 5.41) is 2.30. The molecule has 9 nitrogen and oxygen atoms in total. The number of hydrogen-bond donors (Lipinski definition) is 2. The van der Waals surface area contributed by atoms with Crippen molar-refractivity contribution in [3.8, 4) is 5.75 Å². The minimum Gasteiger partial charge on any atom is -0.490 e. The third-order valence-corrected chi connectivity index (χ3v) is 5.31. The van der Waals surface area contributed by atoms with Crippen LogP contribution in [0.2, 0.25) is 0 Å². The van der Waals surface area contributed by atoms with Crippen LogP contribution >= 0.6 is 0 Å². The lowest BCUT2D eigenvalue weighted by Crippen LogP contribution is -2.47. The summed E-state index contributed by atoms with van der Waals surface area (Å²) in [6.45, 7) is 0.0875. The largest absolute Gasteiger partial charge is 0.490 e. The molecule has 1 aromatic heterocycles. The van der Waals surface area contributed by atoms with Crippen molar-refractivity contribution in [3.63, 3.8) is 0 Å². The molecule has 33 heavy (non-hydrogen) atoms. The van der Waals surface area contributed by atoms with Crippen LogP contribution in [-0.4, -0.2) is 58.2 Å². The van der Waals surface area contributed by atoms with Crippen LogP contribution in [0.25, 0.3) is 11.0 Å². The van der Waals surface area contributed by atoms with Gasteiger partial charge < -0.3 is 19.9 Å². The zero-order valence-electron chi connectivity index (χ0n) is 17.5. The Hall–Kier alpha value is -4.08. The molecule has 170 valence electrons. The summed E-state index contributed by atoms with van der Waals surface area (Å²) in [5.41, 5.74) is -0.159. The smallest absolute Gasteiger partial charge is 0.291 e. The number of aromatic nitrogens is 2. The summed E-state index contributed by atoms with van der Waals surface area (Å²) in [4.78, 5) is 57.2. The van der Waals surface area contributed by atoms with Crippen LogP contribution in [0.1, 0.15) is 23.3 Å². The number of ketones is 1. The standard InChI is InChI=1S/C23H21FN4O5/c24-14-5-7-15(8-6-14)33-16-9-11-28(12-10-16)23(32)19(29)13-25-21(30)20-22(31)27-18-4-2-1-3-17(18)26-20/h1-8,16H,9-13H2,(H,25,30)(H,27,31). The van der Waals surface area contributed by atoms with Gasteiger partial charge in [-0.1, -0.05) is 12.1 Å². The van der Waals surface area contributed by atoms with Crippen molar-refractivity contribution in [2.24, 2.45) is 0 Å². The summed E-state index contributed by atoms with van der Waals surface area (Å²) in [6, 6.07) is 12.4. The molecule has 4 rings (SSSR count). The van der Waals surface area contributed by atoms with Crippen LogP contribution in [0.3, 0.4) is 0 Å². The van der Waals surface area contributed by atoms with Crippen LogP contribution in [0.15, 0.2) is 53.3 Å². The Kier molecular flexibility index (Phi) is 6.43. The number of H-pyrrole nitrogens is 1. The van der Waals surface area contributed by atoms with E-state index in [0.717, 1.165) is 0 Å². The van der Waals surface area contributed by atoms with Crippen molar-refractivity contribution in [2.75, 3.05) is 19.6 Å². The highest BCUT2D eigenvalue weighted by molar-refractivity contribution is 6.37. The number of carbonyl (C=O) groups is 3. The molecule has 0 bridgehead atoms. The Bertz CT molecular complexity index is 1250. The van der Waals surface area contributed by atoms with Crippen molar-refractivity contribution in [1.29, 1.82) is 0 Å². The number of aromatic amines is 1. The second-order valence-electron chi connectivity index (χ2n) is 7.60. The van der Waals surface area contributed by atoms with Crippen molar-refractivity contribution < 1.29 is 23.5 Å². The fraction of sp³-hybridized carbons (Fsp3) is 0.261. The fourth-order valence-electron chi connectivity index (χ4n) is 3.56. The Balaban J connectivity index is 1.28. The first-order valence-corrected chi connectivity index (χ1v) is 10.4. The molecule has 10 heteroatoms. The maximum atomic E-state index is 13.0. The first-order chi connectivity index (χ1) is 15.9. The van der Waals surface area contributed by atoms with Crippen molar-refractivity contribution in [1.82, 2.24) is 20.2 Å². The third-order valence-electron chi connectivity index (χ3n) is 5.31. The molecule has 1 saturated heterocycles. The van der Waals surface area contributed by atoms with Gasteiger partial charge >= 0.3 is 0 Å². The van der Waals surface area contributed by atoms with Crippen LogP contribution < -0.4 is 15.6 Å². The van der Waals surface area contributed by atoms with Gasteiger partial charge in [-0.15, -0.1) is 0 Å². The Morgan fingerprint density at radius 3 is 2.52 bits per heavy atom. The quantitative estimate of drug-likeness (QED) is 0.546. The predicted molar refractivity (Wildman–Crippen MR) is 116 cm³/mol. The van der Waals surface area contributed by atoms with Crippen LogP contribution in [0, 0.1) is 5.82 Å². The van der Waals surface area contributed by atoms with Crippen molar-refractivity contribution in [2.45, 2.75) is 18.9 Å². The molecule has 0 saturated carbocycles. The second-order valence-corrected chi connectivity index (χ2v) is 7.60. The lowest BCUT2D eigenvalue weighted by molar-refractivity contribution is -0.145. The number of carbonyl (C=O) groups excluding carboxylic acids is 3. The van der Waals surface area contributed by atoms with Gasteiger partial charge in [-0.05, 0) is 36.4 Å². The number of nitrogens with one attached hydrogen (secondary N) is 2. The topological polar surface area (TPSA) is 121 Å². The van der Waals surface area contributed by atoms with E-state index in [-0.39, 0.29) is 17.6 Å². The molecule has 0 unspecified atom stereocenters. The molecule has 1 fully saturated rings. The molecule has 2 N–H and O–H groups in total. The van der Waals surface area contributed by atoms with E-state index < -0.39 is 29.7 Å². The molecule has 2 amide bonds. The molecule has 0 spiro atoms. The van der Waals surface area contributed by atoms with Gasteiger partial charge in [0.15, 0.2) is 5.69 Å². The fourth-order valence-corrected chi connectivity index (χ4v) is 3.56. The third kappa shape index (κ3) is 5.22. The van der Waals surface area contributed by atoms with E-state index in [2.05, 4.69) is 15.3 Å². The number of hydrogen-bond acceptors (Lipinski definition) is 6. The van der Waals surface area contributed by atoms with Crippen molar-refractivity contribution >= 4 is 28.6 Å². The van der Waals surface area contributed by atoms with Gasteiger partial charge in [0.05, 0.1) is 17.6 Å². The van der Waals surface area contributed by atoms with Gasteiger partial charge in [0.1, 0.15) is 17.7 Å². The number of Topliss-reactive ketones (excluding diaryl/α,β-unsaturated/α-hetero) is 1. The monoisotopic (exact) mass is 452 g/mol. The average molecular weight is 452 g/mol. The molecule has 0 radical (unpaired) electrons. The highest BCUT2D eigenvalue weighted by Crippen LogP contribution is 2.19. The van der Waals surface area contributed by atoms with E-state index in [4.69, 9.17) is 4.74 Å². The van der Waals surface area contributed by atoms with Crippen LogP contribution in [0.4, 0.5) is 4.39 Å². The first-order valence-electron chi connectivity index (χ1n) is 10.4. The molecule has 2 aromatic carbocycles. The predicted octanol–water partition coefficient (Wildman–Crippen LogP) is 1.43. The number of para-hydroxylation sites is 2. The molecule has 2 heterocycles. The van der Waals surface area contributed by atoms with E-state index in [1.807, 2.05) is 0 Å². The number of ether oxygens (including phenoxy) is 1. The van der Waals surface area contributed by atoms with E-state index in [0.29, 0.717) is 42.7 Å². The van der Waals surface area contributed by atoms with Crippen LogP contribution in [-0.2, 0) is 9.59 Å². The van der Waals surface area contributed by atoms with E-state index in [9.17, 15) is 23.6 Å². The zero-order valence-corrected chi connectivity index (χ0v) is 17.5. The lowest BCUT2D eigenvalue weighted by Gasteiger charge is -2.31. The summed E-state index contributed by atoms with van der Waals surface area (Å²) in [6.07, 6.45) is 0.873. The number of amides is 2. The SMILES string of the molecule is O=C(CNC(=O)c1nc2ccccc2[nH]c1=O)C(=O)N1CCC(Oc2ccc(F)cc2)CC1. The molecular formula is C23H21FN4O5. The van der Waals surface area contributed by atoms with E-state index in [1.165, 1.54) is 29.2 Å². The summed E-state index contributed by atoms with van der Waals surface area (Å²) < 4.78 is 18.8. The van der Waals surface area contributed by atoms with Gasteiger partial charge in [-0.2, -0.15) is 0 Å². The van der Waals surface area contributed by atoms with Gasteiger partial charge in [0.25, 0.3) is 17.4 Å². The number of fused-ring (bicyclic) bond motifs is 1. The second kappa shape index (κ2) is 9.60. The first kappa shape index (κ1) is 22.1. The lowest BCUT2D eigenvalue weighted by atomic mass is 10.1. The zero-order chi connectivity index (χ0) is 23.4. The Labute approximate surface area is 187 Å². The van der Waals surface area contributed by atoms with Gasteiger partial charge in [-0.25, -0.2) is 9.37 Å². The maximum absolute atomic E-state index is 13.0. The van der Waals surface area contributed by atoms with Crippen molar-refractivity contribution in [3.05, 3.63) is 70.4 Å². The minimum absolute atomic E-state index is 0.153. The number of rotatable bonds is 6. The summed E-state index contributed by atoms with van der Waals surface area (Å²) in [7, 11) is 0. The maximum Gasteiger partial charge on any atom is 0.291 e. The number of likely N-dealkylation sites (tertiary alicyclic amines) is 1. The Morgan fingerprint density at radius 2 is 1.79 bits per heavy atom. The molecule has 1 aliphatic rings. The minimum atomic E-state index is -0.838. The highest BCUT2D eigenvalue weighted by Gasteiger charge is 2.28. The van der Waals surface area contributed by atoms with Crippen LogP contribution in [0.5, 0.6) is 5.75 Å². The Morgan fingerprint density at radius 1 is 1.09 bits per heavy atom. The molecule has 1 aliphatic heterocycles. The summed E-state index contributed by atoms with van der Waals surface area (Å²) in [5.74, 6) is -2.16. The number of piperidine rings is 1. The molecular weight excluding hydrogens is 431 g/mol. The summed E-state index contributed by atoms with van der Waals surface area (Å²) >= 11 is 0. The van der Waals surface area contributed by atoms with Gasteiger partial charge in [-0.3, -0.25) is 19.2 Å². The van der Waals surface area contributed by atoms with E-state index in [1.54, 1.807) is 24.3 Å². The molecule has 3 aromatic rings. The van der Waals surface area contributed by atoms with Gasteiger partial charge in [0, 0.05) is 25.9 Å². The van der Waals surface area contributed by atoms with Gasteiger partial charge in [0.2, 0.25) is 5.78 Å². The number of nitrogens with zero attached hydrogens (tertiary/aromatic N) is 2. The van der Waals surface area contributed by atoms with E-state index >= 15 is 0 Å². The number of halogens is 1. The molecule has 0 atom stereocenters.